The standard InChI is InChI=1S/C28H25F2NO4/c1-35-28(34)26-22(3-2-4-24(26)29)20-11-12-21(25(30)14-20)15-31-27(33)23-13-19(23)10-9-17-5-7-18(16-32)8-6-17/h2-12,14,19,23,32H,13,15-16H2,1H3,(H,31,33). The topological polar surface area (TPSA) is 75.6 Å². The van der Waals surface area contributed by atoms with E-state index < -0.39 is 17.6 Å². The lowest BCUT2D eigenvalue weighted by Crippen LogP contribution is -2.25. The van der Waals surface area contributed by atoms with Gasteiger partial charge in [0.25, 0.3) is 0 Å². The number of carbonyl (C=O) groups excluding carboxylic acids is 2. The molecule has 1 aliphatic rings. The van der Waals surface area contributed by atoms with Crippen LogP contribution in [0.5, 0.6) is 0 Å². The van der Waals surface area contributed by atoms with E-state index in [9.17, 15) is 18.4 Å². The Morgan fingerprint density at radius 3 is 2.54 bits per heavy atom. The Bertz CT molecular complexity index is 1270. The highest BCUT2D eigenvalue weighted by atomic mass is 19.1. The van der Waals surface area contributed by atoms with Gasteiger partial charge in [-0.25, -0.2) is 13.6 Å². The zero-order chi connectivity index (χ0) is 24.9. The van der Waals surface area contributed by atoms with Crippen LogP contribution >= 0.6 is 0 Å². The first-order chi connectivity index (χ1) is 16.9. The van der Waals surface area contributed by atoms with Crippen molar-refractivity contribution in [1.29, 1.82) is 0 Å². The first-order valence-corrected chi connectivity index (χ1v) is 11.2. The van der Waals surface area contributed by atoms with Gasteiger partial charge in [-0.2, -0.15) is 0 Å². The minimum absolute atomic E-state index is 0.00246. The van der Waals surface area contributed by atoms with Crippen LogP contribution in [0, 0.1) is 23.5 Å². The number of allylic oxidation sites excluding steroid dienone is 1. The van der Waals surface area contributed by atoms with Gasteiger partial charge in [0.1, 0.15) is 17.2 Å². The molecule has 4 rings (SSSR count). The average molecular weight is 478 g/mol. The van der Waals surface area contributed by atoms with Crippen LogP contribution in [0.25, 0.3) is 17.2 Å². The Morgan fingerprint density at radius 2 is 1.86 bits per heavy atom. The van der Waals surface area contributed by atoms with E-state index >= 15 is 0 Å². The number of esters is 1. The number of hydrogen-bond donors (Lipinski definition) is 2. The van der Waals surface area contributed by atoms with Crippen LogP contribution in [0.15, 0.2) is 66.7 Å². The molecule has 2 N–H and O–H groups in total. The maximum atomic E-state index is 14.8. The third-order valence-electron chi connectivity index (χ3n) is 6.09. The lowest BCUT2D eigenvalue weighted by atomic mass is 9.98. The fourth-order valence-corrected chi connectivity index (χ4v) is 3.94. The molecule has 1 aliphatic carbocycles. The Morgan fingerprint density at radius 1 is 1.09 bits per heavy atom. The molecule has 7 heteroatoms. The van der Waals surface area contributed by atoms with Gasteiger partial charge in [-0.1, -0.05) is 60.7 Å². The van der Waals surface area contributed by atoms with Crippen molar-refractivity contribution >= 4 is 18.0 Å². The Balaban J connectivity index is 1.36. The molecule has 5 nitrogen and oxygen atoms in total. The van der Waals surface area contributed by atoms with E-state index in [1.807, 2.05) is 36.4 Å². The molecule has 0 aliphatic heterocycles. The molecule has 0 bridgehead atoms. The molecule has 180 valence electrons. The van der Waals surface area contributed by atoms with Crippen molar-refractivity contribution in [2.24, 2.45) is 11.8 Å². The fourth-order valence-electron chi connectivity index (χ4n) is 3.94. The summed E-state index contributed by atoms with van der Waals surface area (Å²) in [5, 5.41) is 11.9. The van der Waals surface area contributed by atoms with E-state index in [2.05, 4.69) is 10.1 Å². The molecule has 35 heavy (non-hydrogen) atoms. The summed E-state index contributed by atoms with van der Waals surface area (Å²) >= 11 is 0. The van der Waals surface area contributed by atoms with Crippen LogP contribution in [-0.4, -0.2) is 24.1 Å². The number of ether oxygens (including phenoxy) is 1. The normalized spacial score (nSPS) is 16.8. The van der Waals surface area contributed by atoms with Crippen LogP contribution in [0.2, 0.25) is 0 Å². The molecule has 2 atom stereocenters. The zero-order valence-electron chi connectivity index (χ0n) is 19.1. The Kier molecular flexibility index (Phi) is 7.36. The molecular formula is C28H25F2NO4. The van der Waals surface area contributed by atoms with Crippen LogP contribution in [0.1, 0.15) is 33.5 Å². The number of rotatable bonds is 8. The molecular weight excluding hydrogens is 452 g/mol. The first-order valence-electron chi connectivity index (χ1n) is 11.2. The van der Waals surface area contributed by atoms with Crippen LogP contribution in [0.3, 0.4) is 0 Å². The number of aliphatic hydroxyl groups is 1. The molecule has 0 heterocycles. The van der Waals surface area contributed by atoms with E-state index in [1.165, 1.54) is 24.3 Å². The summed E-state index contributed by atoms with van der Waals surface area (Å²) < 4.78 is 33.6. The van der Waals surface area contributed by atoms with E-state index in [0.717, 1.165) is 30.7 Å². The van der Waals surface area contributed by atoms with Crippen molar-refractivity contribution in [2.75, 3.05) is 7.11 Å². The maximum absolute atomic E-state index is 14.8. The number of nitrogens with one attached hydrogen (secondary N) is 1. The van der Waals surface area contributed by atoms with Crippen molar-refractivity contribution in [3.8, 4) is 11.1 Å². The number of amides is 1. The third kappa shape index (κ3) is 5.63. The lowest BCUT2D eigenvalue weighted by molar-refractivity contribution is -0.122. The predicted molar refractivity (Wildman–Crippen MR) is 128 cm³/mol. The number of methoxy groups -OCH3 is 1. The third-order valence-corrected chi connectivity index (χ3v) is 6.09. The van der Waals surface area contributed by atoms with Gasteiger partial charge in [0.15, 0.2) is 0 Å². The number of benzene rings is 3. The van der Waals surface area contributed by atoms with Gasteiger partial charge in [0, 0.05) is 18.0 Å². The SMILES string of the molecule is COC(=O)c1c(F)cccc1-c1ccc(CNC(=O)C2CC2C=Cc2ccc(CO)cc2)c(F)c1. The van der Waals surface area contributed by atoms with Crippen molar-refractivity contribution in [2.45, 2.75) is 19.6 Å². The zero-order valence-corrected chi connectivity index (χ0v) is 19.1. The summed E-state index contributed by atoms with van der Waals surface area (Å²) in [6.45, 7) is 0.0189. The molecule has 0 saturated heterocycles. The largest absolute Gasteiger partial charge is 0.465 e. The predicted octanol–water partition coefficient (Wildman–Crippen LogP) is 4.88. The molecule has 0 aromatic heterocycles. The van der Waals surface area contributed by atoms with Gasteiger partial charge in [-0.05, 0) is 46.7 Å². The monoisotopic (exact) mass is 477 g/mol. The van der Waals surface area contributed by atoms with Gasteiger partial charge in [0.05, 0.1) is 13.7 Å². The molecule has 1 amide bonds. The van der Waals surface area contributed by atoms with Crippen molar-refractivity contribution in [1.82, 2.24) is 5.32 Å². The quantitative estimate of drug-likeness (QED) is 0.454. The van der Waals surface area contributed by atoms with Crippen molar-refractivity contribution in [3.05, 3.63) is 101 Å². The van der Waals surface area contributed by atoms with E-state index in [-0.39, 0.29) is 47.6 Å². The summed E-state index contributed by atoms with van der Waals surface area (Å²) in [6, 6.07) is 15.9. The second-order valence-electron chi connectivity index (χ2n) is 8.44. The number of aliphatic hydroxyl groups excluding tert-OH is 1. The Hall–Kier alpha value is -3.84. The molecule has 2 unspecified atom stereocenters. The number of halogens is 2. The smallest absolute Gasteiger partial charge is 0.341 e. The molecule has 0 spiro atoms. The van der Waals surface area contributed by atoms with Crippen LogP contribution in [-0.2, 0) is 22.7 Å². The Labute approximate surface area is 202 Å². The molecule has 1 saturated carbocycles. The number of hydrogen-bond acceptors (Lipinski definition) is 4. The van der Waals surface area contributed by atoms with Gasteiger partial charge in [0.2, 0.25) is 5.91 Å². The van der Waals surface area contributed by atoms with Gasteiger partial charge in [-0.15, -0.1) is 0 Å². The summed E-state index contributed by atoms with van der Waals surface area (Å²) in [5.41, 5.74) is 2.42. The maximum Gasteiger partial charge on any atom is 0.341 e. The first kappa shape index (κ1) is 24.3. The molecule has 1 fully saturated rings. The molecule has 3 aromatic carbocycles. The summed E-state index contributed by atoms with van der Waals surface area (Å²) in [4.78, 5) is 24.5. The minimum Gasteiger partial charge on any atom is -0.465 e. The van der Waals surface area contributed by atoms with Crippen molar-refractivity contribution in [3.63, 3.8) is 0 Å². The number of carbonyl (C=O) groups is 2. The second-order valence-corrected chi connectivity index (χ2v) is 8.44. The average Bonchev–Trinajstić information content (AvgIpc) is 3.66. The fraction of sp³-hybridized carbons (Fsp3) is 0.214. The summed E-state index contributed by atoms with van der Waals surface area (Å²) in [5.74, 6) is -2.32. The van der Waals surface area contributed by atoms with Crippen LogP contribution in [0.4, 0.5) is 8.78 Å². The summed E-state index contributed by atoms with van der Waals surface area (Å²) in [7, 11) is 1.15. The van der Waals surface area contributed by atoms with Crippen molar-refractivity contribution < 1.29 is 28.2 Å². The van der Waals surface area contributed by atoms with Gasteiger partial charge >= 0.3 is 5.97 Å². The van der Waals surface area contributed by atoms with E-state index in [4.69, 9.17) is 5.11 Å². The second kappa shape index (κ2) is 10.6. The summed E-state index contributed by atoms with van der Waals surface area (Å²) in [6.07, 6.45) is 4.67. The van der Waals surface area contributed by atoms with Crippen LogP contribution < -0.4 is 5.32 Å². The highest BCUT2D eigenvalue weighted by Gasteiger charge is 2.40. The highest BCUT2D eigenvalue weighted by Crippen LogP contribution is 2.40. The van der Waals surface area contributed by atoms with E-state index in [1.54, 1.807) is 6.07 Å². The lowest BCUT2D eigenvalue weighted by Gasteiger charge is -2.11. The molecule has 3 aromatic rings. The van der Waals surface area contributed by atoms with E-state index in [0.29, 0.717) is 5.56 Å². The van der Waals surface area contributed by atoms with Gasteiger partial charge in [-0.3, -0.25) is 4.79 Å². The highest BCUT2D eigenvalue weighted by molar-refractivity contribution is 5.97. The molecule has 0 radical (unpaired) electrons. The minimum atomic E-state index is -0.843. The van der Waals surface area contributed by atoms with Gasteiger partial charge < -0.3 is 15.2 Å².